The summed E-state index contributed by atoms with van der Waals surface area (Å²) in [6.45, 7) is 9.78. The van der Waals surface area contributed by atoms with E-state index in [0.717, 1.165) is 6.54 Å². The summed E-state index contributed by atoms with van der Waals surface area (Å²) in [4.78, 5) is 3.54. The SMILES string of the molecule is CCCNC(C)c1cc2cc(C)cc(C)c2[nH]1. The van der Waals surface area contributed by atoms with E-state index in [9.17, 15) is 0 Å². The molecule has 0 aliphatic carbocycles. The van der Waals surface area contributed by atoms with Crippen molar-refractivity contribution in [2.75, 3.05) is 6.54 Å². The highest BCUT2D eigenvalue weighted by Crippen LogP contribution is 2.24. The van der Waals surface area contributed by atoms with Gasteiger partial charge in [-0.2, -0.15) is 0 Å². The summed E-state index contributed by atoms with van der Waals surface area (Å²) >= 11 is 0. The molecule has 1 unspecified atom stereocenters. The quantitative estimate of drug-likeness (QED) is 0.820. The topological polar surface area (TPSA) is 27.8 Å². The molecule has 0 aliphatic heterocycles. The second kappa shape index (κ2) is 4.92. The van der Waals surface area contributed by atoms with Gasteiger partial charge in [0.25, 0.3) is 0 Å². The maximum atomic E-state index is 3.54. The molecule has 1 atom stereocenters. The molecule has 0 saturated heterocycles. The van der Waals surface area contributed by atoms with Crippen molar-refractivity contribution >= 4 is 10.9 Å². The van der Waals surface area contributed by atoms with Gasteiger partial charge in [-0.3, -0.25) is 0 Å². The van der Waals surface area contributed by atoms with Gasteiger partial charge in [-0.25, -0.2) is 0 Å². The molecular weight excluding hydrogens is 208 g/mol. The van der Waals surface area contributed by atoms with Crippen molar-refractivity contribution in [3.05, 3.63) is 35.0 Å². The average molecular weight is 230 g/mol. The van der Waals surface area contributed by atoms with Gasteiger partial charge in [0.15, 0.2) is 0 Å². The molecule has 17 heavy (non-hydrogen) atoms. The van der Waals surface area contributed by atoms with Gasteiger partial charge in [0.2, 0.25) is 0 Å². The van der Waals surface area contributed by atoms with Crippen LogP contribution in [0.3, 0.4) is 0 Å². The van der Waals surface area contributed by atoms with Gasteiger partial charge in [0.1, 0.15) is 0 Å². The summed E-state index contributed by atoms with van der Waals surface area (Å²) in [5, 5.41) is 4.83. The lowest BCUT2D eigenvalue weighted by molar-refractivity contribution is 0.561. The van der Waals surface area contributed by atoms with Crippen LogP contribution in [0.25, 0.3) is 10.9 Å². The third-order valence-corrected chi connectivity index (χ3v) is 3.26. The Hall–Kier alpha value is -1.28. The van der Waals surface area contributed by atoms with E-state index in [2.05, 4.69) is 56.2 Å². The van der Waals surface area contributed by atoms with Crippen molar-refractivity contribution in [2.45, 2.75) is 40.2 Å². The van der Waals surface area contributed by atoms with Gasteiger partial charge < -0.3 is 10.3 Å². The Labute approximate surface area is 103 Å². The third kappa shape index (κ3) is 2.52. The number of H-pyrrole nitrogens is 1. The number of hydrogen-bond donors (Lipinski definition) is 2. The molecule has 2 nitrogen and oxygen atoms in total. The fourth-order valence-corrected chi connectivity index (χ4v) is 2.34. The molecule has 1 heterocycles. The van der Waals surface area contributed by atoms with E-state index in [4.69, 9.17) is 0 Å². The summed E-state index contributed by atoms with van der Waals surface area (Å²) < 4.78 is 0. The molecule has 1 aromatic carbocycles. The monoisotopic (exact) mass is 230 g/mol. The highest BCUT2D eigenvalue weighted by Gasteiger charge is 2.09. The molecule has 1 aromatic heterocycles. The van der Waals surface area contributed by atoms with Crippen molar-refractivity contribution in [1.82, 2.24) is 10.3 Å². The van der Waals surface area contributed by atoms with Crippen LogP contribution in [0.5, 0.6) is 0 Å². The minimum Gasteiger partial charge on any atom is -0.357 e. The largest absolute Gasteiger partial charge is 0.357 e. The number of benzene rings is 1. The van der Waals surface area contributed by atoms with Crippen molar-refractivity contribution in [2.24, 2.45) is 0 Å². The predicted octanol–water partition coefficient (Wildman–Crippen LogP) is 3.85. The number of rotatable bonds is 4. The first-order valence-electron chi connectivity index (χ1n) is 6.45. The third-order valence-electron chi connectivity index (χ3n) is 3.26. The van der Waals surface area contributed by atoms with E-state index >= 15 is 0 Å². The summed E-state index contributed by atoms with van der Waals surface area (Å²) in [6.07, 6.45) is 1.17. The Kier molecular flexibility index (Phi) is 3.53. The molecule has 92 valence electrons. The molecule has 2 aromatic rings. The zero-order chi connectivity index (χ0) is 12.4. The standard InChI is InChI=1S/C15H22N2/c1-5-6-16-12(4)14-9-13-8-10(2)7-11(3)15(13)17-14/h7-9,12,16-17H,5-6H2,1-4H3. The van der Waals surface area contributed by atoms with Crippen LogP contribution in [0.4, 0.5) is 0 Å². The number of fused-ring (bicyclic) bond motifs is 1. The van der Waals surface area contributed by atoms with E-state index in [1.165, 1.54) is 34.1 Å². The van der Waals surface area contributed by atoms with Gasteiger partial charge in [-0.1, -0.05) is 18.6 Å². The summed E-state index contributed by atoms with van der Waals surface area (Å²) in [6, 6.07) is 7.13. The molecule has 2 N–H and O–H groups in total. The fraction of sp³-hybridized carbons (Fsp3) is 0.467. The predicted molar refractivity (Wildman–Crippen MR) is 74.5 cm³/mol. The van der Waals surface area contributed by atoms with Crippen LogP contribution in [0.1, 0.15) is 43.1 Å². The Morgan fingerprint density at radius 2 is 2.00 bits per heavy atom. The van der Waals surface area contributed by atoms with Gasteiger partial charge in [0, 0.05) is 22.6 Å². The summed E-state index contributed by atoms with van der Waals surface area (Å²) in [5.74, 6) is 0. The molecular formula is C15H22N2. The molecule has 0 amide bonds. The van der Waals surface area contributed by atoms with Crippen LogP contribution in [-0.4, -0.2) is 11.5 Å². The first kappa shape index (κ1) is 12.2. The molecule has 0 aliphatic rings. The average Bonchev–Trinajstić information content (AvgIpc) is 2.69. The Bertz CT molecular complexity index is 511. The normalized spacial score (nSPS) is 13.2. The maximum absolute atomic E-state index is 3.54. The molecule has 0 saturated carbocycles. The molecule has 0 fully saturated rings. The first-order valence-corrected chi connectivity index (χ1v) is 6.45. The van der Waals surface area contributed by atoms with Crippen molar-refractivity contribution in [1.29, 1.82) is 0 Å². The smallest absolute Gasteiger partial charge is 0.0486 e. The zero-order valence-electron chi connectivity index (χ0n) is 11.2. The van der Waals surface area contributed by atoms with Crippen LogP contribution in [0, 0.1) is 13.8 Å². The van der Waals surface area contributed by atoms with Crippen molar-refractivity contribution in [3.63, 3.8) is 0 Å². The Morgan fingerprint density at radius 1 is 1.24 bits per heavy atom. The Balaban J connectivity index is 2.34. The Morgan fingerprint density at radius 3 is 2.71 bits per heavy atom. The van der Waals surface area contributed by atoms with E-state index in [-0.39, 0.29) is 0 Å². The van der Waals surface area contributed by atoms with E-state index in [1.54, 1.807) is 0 Å². The van der Waals surface area contributed by atoms with Crippen LogP contribution >= 0.6 is 0 Å². The van der Waals surface area contributed by atoms with Crippen molar-refractivity contribution < 1.29 is 0 Å². The zero-order valence-corrected chi connectivity index (χ0v) is 11.2. The molecule has 0 radical (unpaired) electrons. The number of aromatic nitrogens is 1. The molecule has 0 bridgehead atoms. The van der Waals surface area contributed by atoms with Gasteiger partial charge >= 0.3 is 0 Å². The lowest BCUT2D eigenvalue weighted by Crippen LogP contribution is -2.19. The molecule has 2 heteroatoms. The van der Waals surface area contributed by atoms with E-state index in [1.807, 2.05) is 0 Å². The van der Waals surface area contributed by atoms with Crippen LogP contribution < -0.4 is 5.32 Å². The first-order chi connectivity index (χ1) is 8.11. The van der Waals surface area contributed by atoms with Crippen LogP contribution in [0.2, 0.25) is 0 Å². The van der Waals surface area contributed by atoms with Gasteiger partial charge in [-0.15, -0.1) is 0 Å². The van der Waals surface area contributed by atoms with Crippen LogP contribution in [0.15, 0.2) is 18.2 Å². The number of hydrogen-bond acceptors (Lipinski definition) is 1. The minimum absolute atomic E-state index is 0.391. The number of aryl methyl sites for hydroxylation is 2. The van der Waals surface area contributed by atoms with Crippen molar-refractivity contribution in [3.8, 4) is 0 Å². The lowest BCUT2D eigenvalue weighted by Gasteiger charge is -2.10. The summed E-state index contributed by atoms with van der Waals surface area (Å²) in [7, 11) is 0. The van der Waals surface area contributed by atoms with Gasteiger partial charge in [0.05, 0.1) is 0 Å². The lowest BCUT2D eigenvalue weighted by atomic mass is 10.1. The van der Waals surface area contributed by atoms with E-state index in [0.29, 0.717) is 6.04 Å². The highest BCUT2D eigenvalue weighted by atomic mass is 14.9. The molecule has 2 rings (SSSR count). The highest BCUT2D eigenvalue weighted by molar-refractivity contribution is 5.84. The van der Waals surface area contributed by atoms with E-state index < -0.39 is 0 Å². The second-order valence-electron chi connectivity index (χ2n) is 4.95. The fourth-order valence-electron chi connectivity index (χ4n) is 2.34. The minimum atomic E-state index is 0.391. The molecule has 0 spiro atoms. The van der Waals surface area contributed by atoms with Gasteiger partial charge in [-0.05, 0) is 51.4 Å². The number of nitrogens with one attached hydrogen (secondary N) is 2. The summed E-state index contributed by atoms with van der Waals surface area (Å²) in [5.41, 5.74) is 5.21. The second-order valence-corrected chi connectivity index (χ2v) is 4.95. The maximum Gasteiger partial charge on any atom is 0.0486 e. The van der Waals surface area contributed by atoms with Crippen LogP contribution in [-0.2, 0) is 0 Å². The number of aromatic amines is 1.